The molecule has 0 spiro atoms. The molecule has 2 aromatic heterocycles. The van der Waals surface area contributed by atoms with E-state index in [2.05, 4.69) is 4.98 Å². The molecule has 0 saturated carbocycles. The van der Waals surface area contributed by atoms with Crippen LogP contribution in [0.15, 0.2) is 29.3 Å². The van der Waals surface area contributed by atoms with Crippen LogP contribution in [0.5, 0.6) is 0 Å². The number of hydrogen-bond acceptors (Lipinski definition) is 2. The van der Waals surface area contributed by atoms with Gasteiger partial charge in [0.25, 0.3) is 5.56 Å². The van der Waals surface area contributed by atoms with Crippen molar-refractivity contribution in [3.63, 3.8) is 0 Å². The summed E-state index contributed by atoms with van der Waals surface area (Å²) in [6.45, 7) is -0.148. The summed E-state index contributed by atoms with van der Waals surface area (Å²) in [7, 11) is 1.52. The number of fused-ring (bicyclic) bond motifs is 2. The molecule has 0 bridgehead atoms. The van der Waals surface area contributed by atoms with Crippen molar-refractivity contribution < 1.29 is 18.7 Å². The number of aryl methyl sites for hydroxylation is 1. The largest absolute Gasteiger partial charge is 0.465 e. The first-order chi connectivity index (χ1) is 11.4. The third kappa shape index (κ3) is 1.79. The second-order valence-electron chi connectivity index (χ2n) is 5.68. The maximum atomic E-state index is 14.4. The van der Waals surface area contributed by atoms with Crippen LogP contribution in [0.25, 0.3) is 22.0 Å². The lowest BCUT2D eigenvalue weighted by Crippen LogP contribution is -2.29. The normalized spacial score (nSPS) is 13.0. The molecule has 1 aliphatic heterocycles. The molecule has 1 amide bonds. The van der Waals surface area contributed by atoms with Gasteiger partial charge in [0.05, 0.1) is 12.2 Å². The summed E-state index contributed by atoms with van der Waals surface area (Å²) in [5.74, 6) is -1.79. The van der Waals surface area contributed by atoms with Crippen LogP contribution in [0, 0.1) is 11.6 Å². The Hall–Kier alpha value is -3.16. The van der Waals surface area contributed by atoms with E-state index in [-0.39, 0.29) is 28.9 Å². The summed E-state index contributed by atoms with van der Waals surface area (Å²) >= 11 is 0. The molecule has 122 valence electrons. The number of nitrogens with one attached hydrogen (secondary N) is 1. The summed E-state index contributed by atoms with van der Waals surface area (Å²) < 4.78 is 29.5. The number of carboxylic acid groups (broad SMARTS) is 1. The number of nitrogens with zero attached hydrogens (tertiary/aromatic N) is 2. The molecular weight excluding hydrogens is 320 g/mol. The molecule has 4 rings (SSSR count). The molecule has 1 aliphatic rings. The highest BCUT2D eigenvalue weighted by Gasteiger charge is 2.30. The van der Waals surface area contributed by atoms with Crippen LogP contribution < -0.4 is 10.5 Å². The zero-order valence-corrected chi connectivity index (χ0v) is 12.4. The van der Waals surface area contributed by atoms with Gasteiger partial charge in [0.1, 0.15) is 11.3 Å². The lowest BCUT2D eigenvalue weighted by Gasteiger charge is -2.20. The van der Waals surface area contributed by atoms with Gasteiger partial charge in [-0.1, -0.05) is 0 Å². The zero-order valence-electron chi connectivity index (χ0n) is 12.4. The van der Waals surface area contributed by atoms with Gasteiger partial charge < -0.3 is 14.7 Å². The number of hydrogen-bond donors (Lipinski definition) is 2. The maximum absolute atomic E-state index is 14.4. The van der Waals surface area contributed by atoms with Crippen LogP contribution in [0.1, 0.15) is 5.56 Å². The molecule has 0 atom stereocenters. The van der Waals surface area contributed by atoms with Gasteiger partial charge in [-0.3, -0.25) is 9.69 Å². The third-order valence-electron chi connectivity index (χ3n) is 4.24. The quantitative estimate of drug-likeness (QED) is 0.665. The van der Waals surface area contributed by atoms with E-state index in [1.54, 1.807) is 0 Å². The molecule has 0 saturated heterocycles. The van der Waals surface area contributed by atoms with Gasteiger partial charge in [-0.15, -0.1) is 0 Å². The molecule has 0 fully saturated rings. The zero-order chi connectivity index (χ0) is 17.2. The van der Waals surface area contributed by atoms with E-state index in [9.17, 15) is 23.5 Å². The Morgan fingerprint density at radius 1 is 1.29 bits per heavy atom. The number of amides is 1. The highest BCUT2D eigenvalue weighted by Crippen LogP contribution is 2.42. The highest BCUT2D eigenvalue weighted by atomic mass is 19.1. The van der Waals surface area contributed by atoms with Gasteiger partial charge in [0.15, 0.2) is 5.82 Å². The van der Waals surface area contributed by atoms with Gasteiger partial charge in [0.2, 0.25) is 0 Å². The van der Waals surface area contributed by atoms with Crippen molar-refractivity contribution in [1.29, 1.82) is 0 Å². The van der Waals surface area contributed by atoms with E-state index < -0.39 is 17.7 Å². The molecule has 0 unspecified atom stereocenters. The summed E-state index contributed by atoms with van der Waals surface area (Å²) in [5.41, 5.74) is 0.764. The number of benzene rings is 1. The SMILES string of the molecule is Cn1cc2c3c(c[nH]c3c1=O)CN(C(=O)O)c1c(F)cc(F)cc1-2. The topological polar surface area (TPSA) is 78.3 Å². The van der Waals surface area contributed by atoms with E-state index in [0.717, 1.165) is 11.0 Å². The molecule has 1 aromatic carbocycles. The first kappa shape index (κ1) is 14.4. The van der Waals surface area contributed by atoms with Gasteiger partial charge in [-0.05, 0) is 11.6 Å². The van der Waals surface area contributed by atoms with Crippen LogP contribution in [0.3, 0.4) is 0 Å². The fraction of sp³-hybridized carbons (Fsp3) is 0.125. The fourth-order valence-corrected chi connectivity index (χ4v) is 3.22. The van der Waals surface area contributed by atoms with Crippen molar-refractivity contribution in [2.24, 2.45) is 7.05 Å². The van der Waals surface area contributed by atoms with Crippen molar-refractivity contribution in [1.82, 2.24) is 9.55 Å². The number of pyridine rings is 1. The predicted molar refractivity (Wildman–Crippen MR) is 83.1 cm³/mol. The second-order valence-corrected chi connectivity index (χ2v) is 5.68. The van der Waals surface area contributed by atoms with Crippen molar-refractivity contribution in [2.75, 3.05) is 4.90 Å². The average Bonchev–Trinajstić information content (AvgIpc) is 2.86. The smallest absolute Gasteiger partial charge is 0.412 e. The van der Waals surface area contributed by atoms with Crippen molar-refractivity contribution in [3.05, 3.63) is 52.1 Å². The molecular formula is C16H11F2N3O3. The Balaban J connectivity index is 2.22. The molecule has 2 N–H and O–H groups in total. The van der Waals surface area contributed by atoms with E-state index in [1.165, 1.54) is 24.0 Å². The Kier molecular flexibility index (Phi) is 2.81. The average molecular weight is 331 g/mol. The van der Waals surface area contributed by atoms with Gasteiger partial charge in [-0.25, -0.2) is 13.6 Å². The van der Waals surface area contributed by atoms with Crippen molar-refractivity contribution in [2.45, 2.75) is 6.54 Å². The fourth-order valence-electron chi connectivity index (χ4n) is 3.22. The number of rotatable bonds is 0. The summed E-state index contributed by atoms with van der Waals surface area (Å²) in [5, 5.41) is 9.95. The number of halogens is 2. The first-order valence-electron chi connectivity index (χ1n) is 7.08. The van der Waals surface area contributed by atoms with E-state index in [0.29, 0.717) is 22.6 Å². The Bertz CT molecular complexity index is 1080. The van der Waals surface area contributed by atoms with Gasteiger partial charge in [-0.2, -0.15) is 0 Å². The number of carbonyl (C=O) groups is 1. The minimum atomic E-state index is -1.37. The van der Waals surface area contributed by atoms with Crippen LogP contribution in [-0.2, 0) is 13.6 Å². The number of H-pyrrole nitrogens is 1. The monoisotopic (exact) mass is 331 g/mol. The lowest BCUT2D eigenvalue weighted by molar-refractivity contribution is 0.201. The molecule has 3 aromatic rings. The summed E-state index contributed by atoms with van der Waals surface area (Å²) in [6.07, 6.45) is 1.62. The van der Waals surface area contributed by atoms with Crippen LogP contribution in [0.2, 0.25) is 0 Å². The lowest BCUT2D eigenvalue weighted by atomic mass is 10.0. The Morgan fingerprint density at radius 3 is 2.75 bits per heavy atom. The molecule has 8 heteroatoms. The molecule has 6 nitrogen and oxygen atoms in total. The minimum absolute atomic E-state index is 0.0915. The number of aromatic nitrogens is 2. The molecule has 0 radical (unpaired) electrons. The standard InChI is InChI=1S/C16H11F2N3O3/c1-20-6-10-9-2-8(17)3-11(18)14(9)21(16(23)24)5-7-4-19-13(12(7)10)15(20)22/h2-4,6,19H,5H2,1H3,(H,23,24). The van der Waals surface area contributed by atoms with E-state index >= 15 is 0 Å². The summed E-state index contributed by atoms with van der Waals surface area (Å²) in [4.78, 5) is 27.5. The third-order valence-corrected chi connectivity index (χ3v) is 4.24. The van der Waals surface area contributed by atoms with Crippen LogP contribution >= 0.6 is 0 Å². The minimum Gasteiger partial charge on any atom is -0.465 e. The Morgan fingerprint density at radius 2 is 2.04 bits per heavy atom. The number of aromatic amines is 1. The van der Waals surface area contributed by atoms with Gasteiger partial charge >= 0.3 is 6.09 Å². The first-order valence-corrected chi connectivity index (χ1v) is 7.08. The molecule has 24 heavy (non-hydrogen) atoms. The van der Waals surface area contributed by atoms with Crippen molar-refractivity contribution >= 4 is 22.7 Å². The molecule has 0 aliphatic carbocycles. The van der Waals surface area contributed by atoms with E-state index in [4.69, 9.17) is 0 Å². The second kappa shape index (κ2) is 4.67. The maximum Gasteiger partial charge on any atom is 0.412 e. The van der Waals surface area contributed by atoms with Crippen molar-refractivity contribution in [3.8, 4) is 11.1 Å². The van der Waals surface area contributed by atoms with E-state index in [1.807, 2.05) is 0 Å². The molecule has 3 heterocycles. The predicted octanol–water partition coefficient (Wildman–Crippen LogP) is 2.81. The van der Waals surface area contributed by atoms with Gasteiger partial charge in [0, 0.05) is 42.0 Å². The summed E-state index contributed by atoms with van der Waals surface area (Å²) in [6, 6.07) is 1.73. The highest BCUT2D eigenvalue weighted by molar-refractivity contribution is 6.05. The Labute approximate surface area is 133 Å². The van der Waals surface area contributed by atoms with Crippen LogP contribution in [-0.4, -0.2) is 20.8 Å². The number of anilines is 1. The van der Waals surface area contributed by atoms with Crippen LogP contribution in [0.4, 0.5) is 19.3 Å².